The van der Waals surface area contributed by atoms with Crippen molar-refractivity contribution in [3.05, 3.63) is 42.0 Å². The van der Waals surface area contributed by atoms with Crippen molar-refractivity contribution < 1.29 is 14.3 Å². The van der Waals surface area contributed by atoms with Crippen molar-refractivity contribution in [3.8, 4) is 5.75 Å². The van der Waals surface area contributed by atoms with E-state index in [1.54, 1.807) is 6.08 Å². The Balaban J connectivity index is 2.35. The predicted octanol–water partition coefficient (Wildman–Crippen LogP) is 2.10. The van der Waals surface area contributed by atoms with Crippen LogP contribution in [0.15, 0.2) is 36.4 Å². The van der Waals surface area contributed by atoms with Gasteiger partial charge in [0.25, 0.3) is 0 Å². The van der Waals surface area contributed by atoms with Gasteiger partial charge in [-0.05, 0) is 25.1 Å². The van der Waals surface area contributed by atoms with Gasteiger partial charge in [0.05, 0.1) is 7.11 Å². The summed E-state index contributed by atoms with van der Waals surface area (Å²) in [6, 6.07) is 7.72. The standard InChI is InChI=1S/C12H14O3/c1-10-5-7-11(8-6-10)15-9-3-4-12(13)14-2/h3-8H,9H2,1-2H3/b4-3+. The van der Waals surface area contributed by atoms with E-state index in [9.17, 15) is 4.79 Å². The highest BCUT2D eigenvalue weighted by Crippen LogP contribution is 2.10. The molecule has 3 nitrogen and oxygen atoms in total. The van der Waals surface area contributed by atoms with Crippen LogP contribution in [0.5, 0.6) is 5.75 Å². The molecule has 0 amide bonds. The number of carbonyl (C=O) groups is 1. The minimum Gasteiger partial charge on any atom is -0.490 e. The molecule has 0 spiro atoms. The number of rotatable bonds is 4. The molecule has 80 valence electrons. The zero-order valence-corrected chi connectivity index (χ0v) is 8.90. The van der Waals surface area contributed by atoms with Crippen LogP contribution in [0.3, 0.4) is 0 Å². The molecule has 0 aliphatic rings. The normalized spacial score (nSPS) is 10.3. The van der Waals surface area contributed by atoms with E-state index in [4.69, 9.17) is 4.74 Å². The number of benzene rings is 1. The van der Waals surface area contributed by atoms with E-state index in [-0.39, 0.29) is 5.97 Å². The lowest BCUT2D eigenvalue weighted by Gasteiger charge is -2.02. The van der Waals surface area contributed by atoms with Crippen LogP contribution < -0.4 is 4.74 Å². The summed E-state index contributed by atoms with van der Waals surface area (Å²) in [5.41, 5.74) is 1.19. The van der Waals surface area contributed by atoms with Crippen molar-refractivity contribution in [1.29, 1.82) is 0 Å². The van der Waals surface area contributed by atoms with E-state index >= 15 is 0 Å². The lowest BCUT2D eigenvalue weighted by molar-refractivity contribution is -0.134. The highest BCUT2D eigenvalue weighted by Gasteiger charge is 1.92. The van der Waals surface area contributed by atoms with Crippen molar-refractivity contribution in [2.45, 2.75) is 6.92 Å². The summed E-state index contributed by atoms with van der Waals surface area (Å²) in [4.78, 5) is 10.7. The van der Waals surface area contributed by atoms with Crippen LogP contribution >= 0.6 is 0 Å². The molecule has 0 radical (unpaired) electrons. The van der Waals surface area contributed by atoms with Crippen molar-refractivity contribution in [2.24, 2.45) is 0 Å². The SMILES string of the molecule is COC(=O)/C=C/COc1ccc(C)cc1. The van der Waals surface area contributed by atoms with Gasteiger partial charge in [-0.1, -0.05) is 17.7 Å². The smallest absolute Gasteiger partial charge is 0.330 e. The second-order valence-corrected chi connectivity index (χ2v) is 3.05. The lowest BCUT2D eigenvalue weighted by atomic mass is 10.2. The van der Waals surface area contributed by atoms with Crippen LogP contribution in [0.1, 0.15) is 5.56 Å². The summed E-state index contributed by atoms with van der Waals surface area (Å²) in [7, 11) is 1.34. The van der Waals surface area contributed by atoms with Gasteiger partial charge in [-0.2, -0.15) is 0 Å². The van der Waals surface area contributed by atoms with Crippen LogP contribution in [0.4, 0.5) is 0 Å². The minimum absolute atomic E-state index is 0.359. The molecule has 0 unspecified atom stereocenters. The van der Waals surface area contributed by atoms with Gasteiger partial charge in [0, 0.05) is 6.08 Å². The van der Waals surface area contributed by atoms with Gasteiger partial charge < -0.3 is 9.47 Å². The van der Waals surface area contributed by atoms with Crippen molar-refractivity contribution in [1.82, 2.24) is 0 Å². The van der Waals surface area contributed by atoms with E-state index in [2.05, 4.69) is 4.74 Å². The second kappa shape index (κ2) is 5.86. The zero-order valence-electron chi connectivity index (χ0n) is 8.90. The summed E-state index contributed by atoms with van der Waals surface area (Å²) < 4.78 is 9.80. The summed E-state index contributed by atoms with van der Waals surface area (Å²) >= 11 is 0. The average Bonchev–Trinajstić information content (AvgIpc) is 2.26. The second-order valence-electron chi connectivity index (χ2n) is 3.05. The molecule has 0 fully saturated rings. The van der Waals surface area contributed by atoms with Gasteiger partial charge in [-0.25, -0.2) is 4.79 Å². The zero-order chi connectivity index (χ0) is 11.1. The van der Waals surface area contributed by atoms with Gasteiger partial charge >= 0.3 is 5.97 Å². The van der Waals surface area contributed by atoms with Crippen molar-refractivity contribution >= 4 is 5.97 Å². The fraction of sp³-hybridized carbons (Fsp3) is 0.250. The highest BCUT2D eigenvalue weighted by molar-refractivity contribution is 5.81. The third kappa shape index (κ3) is 4.31. The third-order valence-corrected chi connectivity index (χ3v) is 1.82. The summed E-state index contributed by atoms with van der Waals surface area (Å²) in [6.07, 6.45) is 2.96. The van der Waals surface area contributed by atoms with Crippen molar-refractivity contribution in [2.75, 3.05) is 13.7 Å². The molecule has 0 aliphatic carbocycles. The molecule has 15 heavy (non-hydrogen) atoms. The molecular formula is C12H14O3. The molecule has 0 aliphatic heterocycles. The molecule has 1 aromatic carbocycles. The first-order chi connectivity index (χ1) is 7.22. The molecule has 3 heteroatoms. The van der Waals surface area contributed by atoms with Gasteiger partial charge in [-0.15, -0.1) is 0 Å². The van der Waals surface area contributed by atoms with Crippen LogP contribution in [0.25, 0.3) is 0 Å². The Labute approximate surface area is 89.3 Å². The van der Waals surface area contributed by atoms with E-state index < -0.39 is 0 Å². The summed E-state index contributed by atoms with van der Waals surface area (Å²) in [6.45, 7) is 2.37. The first-order valence-electron chi connectivity index (χ1n) is 4.66. The van der Waals surface area contributed by atoms with E-state index in [0.29, 0.717) is 6.61 Å². The number of hydrogen-bond acceptors (Lipinski definition) is 3. The minimum atomic E-state index is -0.373. The van der Waals surface area contributed by atoms with E-state index in [1.807, 2.05) is 31.2 Å². The summed E-state index contributed by atoms with van der Waals surface area (Å²) in [5, 5.41) is 0. The molecule has 0 N–H and O–H groups in total. The van der Waals surface area contributed by atoms with Gasteiger partial charge in [-0.3, -0.25) is 0 Å². The third-order valence-electron chi connectivity index (χ3n) is 1.82. The molecule has 0 bridgehead atoms. The Kier molecular flexibility index (Phi) is 4.41. The van der Waals surface area contributed by atoms with Crippen LogP contribution in [-0.2, 0) is 9.53 Å². The Hall–Kier alpha value is -1.77. The molecule has 0 heterocycles. The van der Waals surface area contributed by atoms with Crippen molar-refractivity contribution in [3.63, 3.8) is 0 Å². The highest BCUT2D eigenvalue weighted by atomic mass is 16.5. The number of methoxy groups -OCH3 is 1. The lowest BCUT2D eigenvalue weighted by Crippen LogP contribution is -1.97. The Morgan fingerprint density at radius 1 is 1.33 bits per heavy atom. The Bertz CT molecular complexity index is 338. The van der Waals surface area contributed by atoms with Crippen LogP contribution in [0.2, 0.25) is 0 Å². The van der Waals surface area contributed by atoms with E-state index in [0.717, 1.165) is 5.75 Å². The fourth-order valence-electron chi connectivity index (χ4n) is 0.991. The van der Waals surface area contributed by atoms with Crippen LogP contribution in [-0.4, -0.2) is 19.7 Å². The molecular weight excluding hydrogens is 192 g/mol. The fourth-order valence-corrected chi connectivity index (χ4v) is 0.991. The molecule has 1 aromatic rings. The van der Waals surface area contributed by atoms with Gasteiger partial charge in [0.1, 0.15) is 12.4 Å². The number of hydrogen-bond donors (Lipinski definition) is 0. The first-order valence-corrected chi connectivity index (χ1v) is 4.66. The quantitative estimate of drug-likeness (QED) is 0.559. The van der Waals surface area contributed by atoms with Gasteiger partial charge in [0.15, 0.2) is 0 Å². The van der Waals surface area contributed by atoms with E-state index in [1.165, 1.54) is 18.7 Å². The Morgan fingerprint density at radius 3 is 2.60 bits per heavy atom. The molecule has 0 atom stereocenters. The number of ether oxygens (including phenoxy) is 2. The largest absolute Gasteiger partial charge is 0.490 e. The van der Waals surface area contributed by atoms with Crippen LogP contribution in [0, 0.1) is 6.92 Å². The number of carbonyl (C=O) groups excluding carboxylic acids is 1. The summed E-state index contributed by atoms with van der Waals surface area (Å²) in [5.74, 6) is 0.414. The number of aryl methyl sites for hydroxylation is 1. The number of esters is 1. The average molecular weight is 206 g/mol. The predicted molar refractivity (Wildman–Crippen MR) is 57.8 cm³/mol. The molecule has 0 saturated heterocycles. The maximum atomic E-state index is 10.7. The molecule has 0 aromatic heterocycles. The molecule has 0 saturated carbocycles. The Morgan fingerprint density at radius 2 is 2.00 bits per heavy atom. The maximum Gasteiger partial charge on any atom is 0.330 e. The topological polar surface area (TPSA) is 35.5 Å². The van der Waals surface area contributed by atoms with Gasteiger partial charge in [0.2, 0.25) is 0 Å². The monoisotopic (exact) mass is 206 g/mol. The molecule has 1 rings (SSSR count). The maximum absolute atomic E-state index is 10.7. The first kappa shape index (κ1) is 11.3.